The number of benzene rings is 6. The summed E-state index contributed by atoms with van der Waals surface area (Å²) < 4.78 is 64.6. The zero-order valence-corrected chi connectivity index (χ0v) is 36.1. The van der Waals surface area contributed by atoms with Crippen molar-refractivity contribution < 1.29 is 36.3 Å². The van der Waals surface area contributed by atoms with Gasteiger partial charge in [-0.05, 0) is 76.3 Å². The second-order valence-corrected chi connectivity index (χ2v) is 16.5. The molecule has 0 fully saturated rings. The first-order valence-corrected chi connectivity index (χ1v) is 22.1. The highest BCUT2D eigenvalue weighted by Crippen LogP contribution is 2.41. The molecule has 0 radical (unpaired) electrons. The Morgan fingerprint density at radius 1 is 0.597 bits per heavy atom. The molecule has 3 atom stereocenters. The van der Waals surface area contributed by atoms with E-state index in [2.05, 4.69) is 0 Å². The molecule has 1 aromatic heterocycles. The molecule has 0 amide bonds. The molecule has 62 heavy (non-hydrogen) atoms. The van der Waals surface area contributed by atoms with E-state index in [0.29, 0.717) is 27.9 Å². The summed E-state index contributed by atoms with van der Waals surface area (Å²) in [6.45, 7) is -0.124. The van der Waals surface area contributed by atoms with Crippen LogP contribution in [-0.4, -0.2) is 57.7 Å². The fourth-order valence-corrected chi connectivity index (χ4v) is 7.94. The highest BCUT2D eigenvalue weighted by atomic mass is 35.5. The maximum absolute atomic E-state index is 13.4. The molecule has 1 heterocycles. The highest BCUT2D eigenvalue weighted by Gasteiger charge is 2.42. The van der Waals surface area contributed by atoms with Crippen molar-refractivity contribution in [2.75, 3.05) is 27.1 Å². The first kappa shape index (κ1) is 44.1. The van der Waals surface area contributed by atoms with Gasteiger partial charge in [-0.1, -0.05) is 127 Å². The van der Waals surface area contributed by atoms with Gasteiger partial charge in [-0.15, -0.1) is 0 Å². The van der Waals surface area contributed by atoms with Crippen LogP contribution in [0.2, 0.25) is 5.02 Å². The smallest absolute Gasteiger partial charge is 0.264 e. The predicted molar refractivity (Wildman–Crippen MR) is 239 cm³/mol. The van der Waals surface area contributed by atoms with Crippen molar-refractivity contribution in [1.82, 2.24) is 9.97 Å². The van der Waals surface area contributed by atoms with E-state index < -0.39 is 34.0 Å². The largest absolute Gasteiger partial charge is 0.497 e. The second kappa shape index (κ2) is 20.8. The van der Waals surface area contributed by atoms with Gasteiger partial charge in [0.15, 0.2) is 5.82 Å². The Morgan fingerprint density at radius 2 is 1.05 bits per heavy atom. The van der Waals surface area contributed by atoms with Crippen molar-refractivity contribution in [3.63, 3.8) is 0 Å². The number of halogens is 1. The lowest BCUT2D eigenvalue weighted by Crippen LogP contribution is -2.45. The number of aromatic nitrogens is 2. The third-order valence-corrected chi connectivity index (χ3v) is 11.1. The molecule has 0 aliphatic heterocycles. The SMILES string of the molecule is COc1ccc(CO[C@H]([C@H](OCc2ccc(OC)cc2)c2cnc(-c3ccc(Cl)cc3)nc2)[C@@H](COC(c2ccccc2)(c2ccccc2)c2ccccc2)OS(C)(=O)=O)cc1. The minimum Gasteiger partial charge on any atom is -0.497 e. The van der Waals surface area contributed by atoms with Gasteiger partial charge in [0, 0.05) is 28.5 Å². The zero-order chi connectivity index (χ0) is 43.4. The molecule has 12 heteroatoms. The minimum atomic E-state index is -4.15. The van der Waals surface area contributed by atoms with E-state index in [0.717, 1.165) is 39.6 Å². The van der Waals surface area contributed by atoms with Crippen LogP contribution in [0.1, 0.15) is 39.5 Å². The molecule has 0 aliphatic carbocycles. The normalized spacial score (nSPS) is 13.2. The third-order valence-electron chi connectivity index (χ3n) is 10.3. The van der Waals surface area contributed by atoms with E-state index in [-0.39, 0.29) is 19.8 Å². The fourth-order valence-electron chi connectivity index (χ4n) is 7.20. The molecule has 318 valence electrons. The maximum atomic E-state index is 13.4. The Kier molecular flexibility index (Phi) is 14.8. The molecule has 0 spiro atoms. The standard InChI is InChI=1S/C50H47ClN2O8S/c1-56-44-27-19-36(20-28-44)33-58-47(39-31-52-49(53-32-39)38-23-25-43(51)26-24-38)48(59-34-37-21-29-45(57-2)30-22-37)46(61-62(3,54)55)35-60-50(40-13-7-4-8-14-40,41-15-9-5-10-16-41)42-17-11-6-12-18-42/h4-32,46-48H,33-35H2,1-3H3/t46-,47-,48+/m1/s1. The average Bonchev–Trinajstić information content (AvgIpc) is 3.31. The fraction of sp³-hybridized carbons (Fsp3) is 0.200. The Bertz CT molecular complexity index is 2450. The lowest BCUT2D eigenvalue weighted by molar-refractivity contribution is -0.150. The quantitative estimate of drug-likeness (QED) is 0.0542. The molecular formula is C50H47ClN2O8S. The van der Waals surface area contributed by atoms with Crippen LogP contribution in [-0.2, 0) is 47.3 Å². The Hall–Kier alpha value is -5.92. The molecule has 10 nitrogen and oxygen atoms in total. The van der Waals surface area contributed by atoms with Crippen molar-refractivity contribution in [1.29, 1.82) is 0 Å². The number of hydrogen-bond donors (Lipinski definition) is 0. The number of rotatable bonds is 20. The summed E-state index contributed by atoms with van der Waals surface area (Å²) in [5, 5.41) is 0.587. The molecule has 0 aliphatic rings. The molecule has 0 N–H and O–H groups in total. The van der Waals surface area contributed by atoms with Gasteiger partial charge in [0.2, 0.25) is 0 Å². The van der Waals surface area contributed by atoms with Crippen LogP contribution >= 0.6 is 11.6 Å². The van der Waals surface area contributed by atoms with Crippen LogP contribution in [0.3, 0.4) is 0 Å². The molecule has 7 rings (SSSR count). The van der Waals surface area contributed by atoms with Gasteiger partial charge in [0.25, 0.3) is 10.1 Å². The van der Waals surface area contributed by atoms with Crippen molar-refractivity contribution in [3.8, 4) is 22.9 Å². The van der Waals surface area contributed by atoms with Gasteiger partial charge in [0.1, 0.15) is 35.4 Å². The minimum absolute atomic E-state index is 0.0472. The van der Waals surface area contributed by atoms with Crippen LogP contribution in [0.15, 0.2) is 176 Å². The van der Waals surface area contributed by atoms with Crippen molar-refractivity contribution in [3.05, 3.63) is 215 Å². The number of methoxy groups -OCH3 is 2. The second-order valence-electron chi connectivity index (χ2n) is 14.5. The Balaban J connectivity index is 1.35. The Labute approximate surface area is 368 Å². The molecule has 6 aromatic carbocycles. The molecule has 0 saturated heterocycles. The predicted octanol–water partition coefficient (Wildman–Crippen LogP) is 10.0. The summed E-state index contributed by atoms with van der Waals surface area (Å²) in [5.74, 6) is 1.82. The van der Waals surface area contributed by atoms with E-state index in [4.69, 9.17) is 49.4 Å². The van der Waals surface area contributed by atoms with E-state index in [1.165, 1.54) is 0 Å². The van der Waals surface area contributed by atoms with E-state index in [1.54, 1.807) is 38.7 Å². The van der Waals surface area contributed by atoms with Crippen molar-refractivity contribution in [2.24, 2.45) is 0 Å². The lowest BCUT2D eigenvalue weighted by Gasteiger charge is -2.39. The van der Waals surface area contributed by atoms with Crippen LogP contribution in [0.4, 0.5) is 0 Å². The molecule has 0 saturated carbocycles. The van der Waals surface area contributed by atoms with Gasteiger partial charge >= 0.3 is 0 Å². The van der Waals surface area contributed by atoms with E-state index in [1.807, 2.05) is 152 Å². The van der Waals surface area contributed by atoms with Gasteiger partial charge < -0.3 is 23.7 Å². The van der Waals surface area contributed by atoms with Crippen LogP contribution in [0.5, 0.6) is 11.5 Å². The molecular weight excluding hydrogens is 824 g/mol. The first-order chi connectivity index (χ1) is 30.1. The lowest BCUT2D eigenvalue weighted by atomic mass is 9.80. The van der Waals surface area contributed by atoms with Gasteiger partial charge in [0.05, 0.1) is 40.3 Å². The van der Waals surface area contributed by atoms with Gasteiger partial charge in [-0.25, -0.2) is 9.97 Å². The molecule has 0 unspecified atom stereocenters. The summed E-state index contributed by atoms with van der Waals surface area (Å²) in [7, 11) is -0.946. The van der Waals surface area contributed by atoms with E-state index in [9.17, 15) is 8.42 Å². The maximum Gasteiger partial charge on any atom is 0.264 e. The number of hydrogen-bond acceptors (Lipinski definition) is 10. The summed E-state index contributed by atoms with van der Waals surface area (Å²) in [4.78, 5) is 9.45. The molecule has 0 bridgehead atoms. The van der Waals surface area contributed by atoms with E-state index >= 15 is 0 Å². The summed E-state index contributed by atoms with van der Waals surface area (Å²) in [6, 6.07) is 51.5. The zero-order valence-electron chi connectivity index (χ0n) is 34.5. The molecule has 7 aromatic rings. The summed E-state index contributed by atoms with van der Waals surface area (Å²) >= 11 is 6.18. The Morgan fingerprint density at radius 3 is 1.48 bits per heavy atom. The monoisotopic (exact) mass is 870 g/mol. The number of ether oxygens (including phenoxy) is 5. The topological polar surface area (TPSA) is 115 Å². The van der Waals surface area contributed by atoms with Crippen molar-refractivity contribution in [2.45, 2.75) is 37.1 Å². The number of nitrogens with zero attached hydrogens (tertiary/aromatic N) is 2. The van der Waals surface area contributed by atoms with Crippen LogP contribution in [0.25, 0.3) is 11.4 Å². The average molecular weight is 871 g/mol. The highest BCUT2D eigenvalue weighted by molar-refractivity contribution is 7.86. The van der Waals surface area contributed by atoms with Gasteiger partial charge in [-0.2, -0.15) is 8.42 Å². The van der Waals surface area contributed by atoms with Crippen LogP contribution in [0, 0.1) is 0 Å². The van der Waals surface area contributed by atoms with Crippen molar-refractivity contribution >= 4 is 21.7 Å². The first-order valence-electron chi connectivity index (χ1n) is 19.9. The van der Waals surface area contributed by atoms with Crippen LogP contribution < -0.4 is 9.47 Å². The summed E-state index contributed by atoms with van der Waals surface area (Å²) in [5.41, 5.74) is 4.15. The summed E-state index contributed by atoms with van der Waals surface area (Å²) in [6.07, 6.45) is 0.909. The van der Waals surface area contributed by atoms with Gasteiger partial charge in [-0.3, -0.25) is 4.18 Å². The third kappa shape index (κ3) is 11.1.